The van der Waals surface area contributed by atoms with Crippen LogP contribution in [0.25, 0.3) is 28.0 Å². The molecule has 6 nitrogen and oxygen atoms in total. The molecule has 130 valence electrons. The Bertz CT molecular complexity index is 1250. The SMILES string of the molecule is O=C1CC(=Nc2ccc3ncccc3c2)O/C1=C\c1c[nH]c2ncccc12. The number of carbonyl (C=O) groups is 1. The van der Waals surface area contributed by atoms with E-state index in [1.807, 2.05) is 48.7 Å². The lowest BCUT2D eigenvalue weighted by Gasteiger charge is -2.00. The molecule has 0 saturated carbocycles. The fourth-order valence-corrected chi connectivity index (χ4v) is 3.13. The molecule has 1 fully saturated rings. The number of ether oxygens (including phenoxy) is 1. The van der Waals surface area contributed by atoms with Gasteiger partial charge >= 0.3 is 0 Å². The molecule has 1 aliphatic heterocycles. The van der Waals surface area contributed by atoms with Gasteiger partial charge in [-0.3, -0.25) is 9.78 Å². The smallest absolute Gasteiger partial charge is 0.207 e. The number of pyridine rings is 2. The van der Waals surface area contributed by atoms with Gasteiger partial charge in [-0.15, -0.1) is 0 Å². The molecule has 6 heteroatoms. The van der Waals surface area contributed by atoms with Crippen LogP contribution in [0.15, 0.2) is 71.8 Å². The number of H-pyrrole nitrogens is 1. The minimum atomic E-state index is -0.0885. The predicted molar refractivity (Wildman–Crippen MR) is 104 cm³/mol. The average molecular weight is 354 g/mol. The number of hydrogen-bond donors (Lipinski definition) is 1. The van der Waals surface area contributed by atoms with Crippen LogP contribution in [0.3, 0.4) is 0 Å². The molecule has 0 atom stereocenters. The van der Waals surface area contributed by atoms with Crippen LogP contribution < -0.4 is 0 Å². The highest BCUT2D eigenvalue weighted by Gasteiger charge is 2.26. The van der Waals surface area contributed by atoms with Crippen molar-refractivity contribution in [1.29, 1.82) is 0 Å². The van der Waals surface area contributed by atoms with Crippen LogP contribution in [0.4, 0.5) is 5.69 Å². The normalized spacial score (nSPS) is 17.3. The van der Waals surface area contributed by atoms with E-state index < -0.39 is 0 Å². The van der Waals surface area contributed by atoms with Crippen LogP contribution in [0.1, 0.15) is 12.0 Å². The number of aromatic amines is 1. The molecule has 4 aromatic rings. The summed E-state index contributed by atoms with van der Waals surface area (Å²) in [6.45, 7) is 0. The highest BCUT2D eigenvalue weighted by molar-refractivity contribution is 6.15. The Hall–Kier alpha value is -3.80. The number of nitrogens with one attached hydrogen (secondary N) is 1. The van der Waals surface area contributed by atoms with Gasteiger partial charge in [-0.05, 0) is 42.5 Å². The molecule has 1 aromatic carbocycles. The van der Waals surface area contributed by atoms with Crippen LogP contribution in [-0.2, 0) is 9.53 Å². The summed E-state index contributed by atoms with van der Waals surface area (Å²) in [4.78, 5) is 28.5. The summed E-state index contributed by atoms with van der Waals surface area (Å²) in [7, 11) is 0. The molecule has 1 N–H and O–H groups in total. The van der Waals surface area contributed by atoms with Crippen molar-refractivity contribution in [2.24, 2.45) is 4.99 Å². The van der Waals surface area contributed by atoms with Gasteiger partial charge in [-0.2, -0.15) is 0 Å². The summed E-state index contributed by atoms with van der Waals surface area (Å²) in [5.74, 6) is 0.600. The first-order chi connectivity index (χ1) is 13.3. The Morgan fingerprint density at radius 1 is 1.11 bits per heavy atom. The second-order valence-electron chi connectivity index (χ2n) is 6.24. The third-order valence-electron chi connectivity index (χ3n) is 4.42. The van der Waals surface area contributed by atoms with Crippen molar-refractivity contribution in [3.63, 3.8) is 0 Å². The van der Waals surface area contributed by atoms with Crippen LogP contribution in [0.5, 0.6) is 0 Å². The standard InChI is InChI=1S/C21H14N4O2/c26-18-11-20(25-15-5-6-17-13(9-15)3-1-7-22-17)27-19(18)10-14-12-24-21-16(14)4-2-8-23-21/h1-10,12H,11H2,(H,23,24)/b19-10-,25-20?. The monoisotopic (exact) mass is 354 g/mol. The van der Waals surface area contributed by atoms with Crippen LogP contribution in [-0.4, -0.2) is 26.6 Å². The molecule has 0 amide bonds. The number of hydrogen-bond acceptors (Lipinski definition) is 5. The maximum Gasteiger partial charge on any atom is 0.207 e. The van der Waals surface area contributed by atoms with Gasteiger partial charge in [0.1, 0.15) is 5.65 Å². The van der Waals surface area contributed by atoms with Gasteiger partial charge in [-0.25, -0.2) is 9.98 Å². The van der Waals surface area contributed by atoms with Crippen molar-refractivity contribution in [2.75, 3.05) is 0 Å². The molecular weight excluding hydrogens is 340 g/mol. The van der Waals surface area contributed by atoms with Crippen molar-refractivity contribution < 1.29 is 9.53 Å². The topological polar surface area (TPSA) is 80.2 Å². The zero-order valence-electron chi connectivity index (χ0n) is 14.2. The summed E-state index contributed by atoms with van der Waals surface area (Å²) in [6, 6.07) is 13.4. The molecule has 1 aliphatic rings. The van der Waals surface area contributed by atoms with E-state index in [0.29, 0.717) is 11.7 Å². The summed E-state index contributed by atoms with van der Waals surface area (Å²) in [5, 5.41) is 1.93. The Morgan fingerprint density at radius 2 is 2.00 bits per heavy atom. The Balaban J connectivity index is 1.46. The Morgan fingerprint density at radius 3 is 2.96 bits per heavy atom. The number of fused-ring (bicyclic) bond motifs is 2. The van der Waals surface area contributed by atoms with Crippen LogP contribution in [0, 0.1) is 0 Å². The Kier molecular flexibility index (Phi) is 3.53. The van der Waals surface area contributed by atoms with Crippen LogP contribution >= 0.6 is 0 Å². The summed E-state index contributed by atoms with van der Waals surface area (Å²) < 4.78 is 5.72. The van der Waals surface area contributed by atoms with E-state index in [9.17, 15) is 4.79 Å². The third-order valence-corrected chi connectivity index (χ3v) is 4.42. The van der Waals surface area contributed by atoms with Gasteiger partial charge in [-0.1, -0.05) is 6.07 Å². The predicted octanol–water partition coefficient (Wildman–Crippen LogP) is 4.17. The number of benzene rings is 1. The fourth-order valence-electron chi connectivity index (χ4n) is 3.13. The molecule has 4 heterocycles. The first-order valence-electron chi connectivity index (χ1n) is 8.53. The van der Waals surface area contributed by atoms with Gasteiger partial charge in [0, 0.05) is 34.9 Å². The lowest BCUT2D eigenvalue weighted by molar-refractivity contribution is -0.114. The number of Topliss-reactive ketones (excluding diaryl/α,β-unsaturated/α-hetero) is 1. The molecule has 5 rings (SSSR count). The molecule has 0 radical (unpaired) electrons. The molecule has 0 unspecified atom stereocenters. The van der Waals surface area contributed by atoms with Gasteiger partial charge < -0.3 is 9.72 Å². The minimum absolute atomic E-state index is 0.0885. The highest BCUT2D eigenvalue weighted by atomic mass is 16.5. The van der Waals surface area contributed by atoms with Gasteiger partial charge in [0.05, 0.1) is 17.6 Å². The maximum absolute atomic E-state index is 12.3. The van der Waals surface area contributed by atoms with Gasteiger partial charge in [0.15, 0.2) is 5.76 Å². The lowest BCUT2D eigenvalue weighted by Crippen LogP contribution is -1.92. The van der Waals surface area contributed by atoms with E-state index >= 15 is 0 Å². The largest absolute Gasteiger partial charge is 0.439 e. The molecule has 1 saturated heterocycles. The fraction of sp³-hybridized carbons (Fsp3) is 0.0476. The molecule has 0 aliphatic carbocycles. The van der Waals surface area contributed by atoms with E-state index in [1.54, 1.807) is 18.5 Å². The average Bonchev–Trinajstić information content (AvgIpc) is 3.25. The number of aromatic nitrogens is 3. The summed E-state index contributed by atoms with van der Waals surface area (Å²) in [5.41, 5.74) is 3.27. The van der Waals surface area contributed by atoms with Crippen molar-refractivity contribution in [2.45, 2.75) is 6.42 Å². The maximum atomic E-state index is 12.3. The molecule has 3 aromatic heterocycles. The van der Waals surface area contributed by atoms with Crippen molar-refractivity contribution in [1.82, 2.24) is 15.0 Å². The zero-order chi connectivity index (χ0) is 18.2. The number of ketones is 1. The van der Waals surface area contributed by atoms with Crippen molar-refractivity contribution in [3.8, 4) is 0 Å². The highest BCUT2D eigenvalue weighted by Crippen LogP contribution is 2.26. The molecule has 27 heavy (non-hydrogen) atoms. The second kappa shape index (κ2) is 6.17. The molecular formula is C21H14N4O2. The number of aliphatic imine (C=N–C) groups is 1. The summed E-state index contributed by atoms with van der Waals surface area (Å²) in [6.07, 6.45) is 7.17. The first kappa shape index (κ1) is 15.5. The van der Waals surface area contributed by atoms with Gasteiger partial charge in [0.25, 0.3) is 0 Å². The van der Waals surface area contributed by atoms with E-state index in [4.69, 9.17) is 4.74 Å². The second-order valence-corrected chi connectivity index (χ2v) is 6.24. The van der Waals surface area contributed by atoms with E-state index in [2.05, 4.69) is 19.9 Å². The number of nitrogens with zero attached hydrogens (tertiary/aromatic N) is 3. The summed E-state index contributed by atoms with van der Waals surface area (Å²) >= 11 is 0. The molecule has 0 spiro atoms. The third kappa shape index (κ3) is 2.87. The van der Waals surface area contributed by atoms with E-state index in [0.717, 1.165) is 33.2 Å². The van der Waals surface area contributed by atoms with Crippen molar-refractivity contribution in [3.05, 3.63) is 72.4 Å². The van der Waals surface area contributed by atoms with Crippen LogP contribution in [0.2, 0.25) is 0 Å². The molecule has 0 bridgehead atoms. The number of carbonyl (C=O) groups excluding carboxylic acids is 1. The quantitative estimate of drug-likeness (QED) is 0.548. The number of allylic oxidation sites excluding steroid dienone is 1. The van der Waals surface area contributed by atoms with E-state index in [1.165, 1.54) is 0 Å². The lowest BCUT2D eigenvalue weighted by atomic mass is 10.1. The van der Waals surface area contributed by atoms with Crippen molar-refractivity contribution >= 4 is 45.4 Å². The first-order valence-corrected chi connectivity index (χ1v) is 8.53. The van der Waals surface area contributed by atoms with Gasteiger partial charge in [0.2, 0.25) is 11.7 Å². The number of rotatable bonds is 2. The minimum Gasteiger partial charge on any atom is -0.439 e. The van der Waals surface area contributed by atoms with E-state index in [-0.39, 0.29) is 12.2 Å². The Labute approximate surface area is 154 Å². The zero-order valence-corrected chi connectivity index (χ0v) is 14.2.